The second kappa shape index (κ2) is 12.2. The van der Waals surface area contributed by atoms with Crippen LogP contribution in [0.15, 0.2) is 0 Å². The number of hydrogen-bond acceptors (Lipinski definition) is 7. The second-order valence-electron chi connectivity index (χ2n) is 8.06. The number of nitrogens with one attached hydrogen (secondary N) is 4. The maximum atomic E-state index is 12.7. The van der Waals surface area contributed by atoms with Crippen molar-refractivity contribution in [3.63, 3.8) is 0 Å². The minimum Gasteiger partial charge on any atom is -0.481 e. The molecule has 0 aromatic rings. The Morgan fingerprint density at radius 3 is 2.03 bits per heavy atom. The number of carbonyl (C=O) groups excluding carboxylic acids is 3. The van der Waals surface area contributed by atoms with Crippen LogP contribution in [0, 0.1) is 5.92 Å². The molecular formula is C19H32N4O8. The van der Waals surface area contributed by atoms with E-state index in [-0.39, 0.29) is 12.3 Å². The number of hydrogen-bond donors (Lipinski definition) is 7. The van der Waals surface area contributed by atoms with Gasteiger partial charge >= 0.3 is 11.9 Å². The van der Waals surface area contributed by atoms with Crippen LogP contribution in [0.25, 0.3) is 0 Å². The van der Waals surface area contributed by atoms with Gasteiger partial charge in [0.15, 0.2) is 6.04 Å². The maximum Gasteiger partial charge on any atom is 0.328 e. The maximum absolute atomic E-state index is 12.7. The molecule has 0 spiro atoms. The van der Waals surface area contributed by atoms with Crippen LogP contribution < -0.4 is 21.3 Å². The van der Waals surface area contributed by atoms with Gasteiger partial charge < -0.3 is 36.6 Å². The first-order chi connectivity index (χ1) is 14.4. The molecule has 1 saturated heterocycles. The summed E-state index contributed by atoms with van der Waals surface area (Å²) in [6.45, 7) is 5.39. The number of amides is 3. The number of aliphatic hydroxyl groups excluding tert-OH is 1. The van der Waals surface area contributed by atoms with Gasteiger partial charge in [-0.05, 0) is 38.6 Å². The van der Waals surface area contributed by atoms with Crippen molar-refractivity contribution < 1.29 is 39.3 Å². The normalized spacial score (nSPS) is 19.7. The van der Waals surface area contributed by atoms with Crippen LogP contribution in [-0.4, -0.2) is 81.8 Å². The molecule has 1 fully saturated rings. The highest BCUT2D eigenvalue weighted by molar-refractivity contribution is 5.95. The van der Waals surface area contributed by atoms with Crippen molar-refractivity contribution >= 4 is 29.7 Å². The third kappa shape index (κ3) is 8.89. The fourth-order valence-electron chi connectivity index (χ4n) is 3.18. The van der Waals surface area contributed by atoms with Crippen molar-refractivity contribution in [3.8, 4) is 0 Å². The monoisotopic (exact) mass is 444 g/mol. The Hall–Kier alpha value is -2.73. The van der Waals surface area contributed by atoms with E-state index in [4.69, 9.17) is 10.2 Å². The molecule has 1 rings (SSSR count). The minimum absolute atomic E-state index is 0.0823. The first kappa shape index (κ1) is 26.3. The summed E-state index contributed by atoms with van der Waals surface area (Å²) < 4.78 is 0. The lowest BCUT2D eigenvalue weighted by atomic mass is 10.0. The van der Waals surface area contributed by atoms with E-state index in [0.29, 0.717) is 13.0 Å². The number of carboxylic acid groups (broad SMARTS) is 2. The van der Waals surface area contributed by atoms with Crippen LogP contribution in [0.5, 0.6) is 0 Å². The smallest absolute Gasteiger partial charge is 0.328 e. The van der Waals surface area contributed by atoms with Crippen molar-refractivity contribution in [2.45, 2.75) is 76.7 Å². The van der Waals surface area contributed by atoms with Gasteiger partial charge in [-0.15, -0.1) is 0 Å². The van der Waals surface area contributed by atoms with Crippen LogP contribution >= 0.6 is 0 Å². The first-order valence-corrected chi connectivity index (χ1v) is 10.2. The predicted molar refractivity (Wildman–Crippen MR) is 108 cm³/mol. The molecule has 176 valence electrons. The molecule has 31 heavy (non-hydrogen) atoms. The summed E-state index contributed by atoms with van der Waals surface area (Å²) in [5, 5.41) is 37.8. The quantitative estimate of drug-likeness (QED) is 0.181. The van der Waals surface area contributed by atoms with Gasteiger partial charge in [0.1, 0.15) is 12.1 Å². The summed E-state index contributed by atoms with van der Waals surface area (Å²) in [5.74, 6) is -5.07. The summed E-state index contributed by atoms with van der Waals surface area (Å²) in [6, 6.07) is -4.71. The van der Waals surface area contributed by atoms with Crippen molar-refractivity contribution in [3.05, 3.63) is 0 Å². The molecule has 0 aliphatic carbocycles. The Bertz CT molecular complexity index is 676. The summed E-state index contributed by atoms with van der Waals surface area (Å²) in [7, 11) is 0. The fraction of sp³-hybridized carbons (Fsp3) is 0.737. The minimum atomic E-state index is -1.58. The van der Waals surface area contributed by atoms with E-state index in [9.17, 15) is 29.1 Å². The third-order valence-electron chi connectivity index (χ3n) is 4.77. The largest absolute Gasteiger partial charge is 0.481 e. The highest BCUT2D eigenvalue weighted by Crippen LogP contribution is 2.09. The Kier molecular flexibility index (Phi) is 10.4. The van der Waals surface area contributed by atoms with Gasteiger partial charge in [0.05, 0.1) is 18.6 Å². The molecule has 5 atom stereocenters. The van der Waals surface area contributed by atoms with Gasteiger partial charge in [-0.1, -0.05) is 13.8 Å². The number of carboxylic acids is 2. The molecule has 12 heteroatoms. The predicted octanol–water partition coefficient (Wildman–Crippen LogP) is -1.82. The Balaban J connectivity index is 2.93. The summed E-state index contributed by atoms with van der Waals surface area (Å²) >= 11 is 0. The zero-order valence-electron chi connectivity index (χ0n) is 17.9. The molecule has 0 radical (unpaired) electrons. The van der Waals surface area contributed by atoms with Gasteiger partial charge in [-0.3, -0.25) is 19.2 Å². The number of rotatable bonds is 12. The number of carbonyl (C=O) groups is 5. The van der Waals surface area contributed by atoms with E-state index in [1.807, 2.05) is 0 Å². The van der Waals surface area contributed by atoms with Crippen LogP contribution in [0.3, 0.4) is 0 Å². The molecule has 1 aliphatic rings. The summed E-state index contributed by atoms with van der Waals surface area (Å²) in [6.07, 6.45) is -0.609. The van der Waals surface area contributed by atoms with Crippen LogP contribution in [0.2, 0.25) is 0 Å². The average molecular weight is 444 g/mol. The number of aliphatic carboxylic acids is 2. The molecule has 0 saturated carbocycles. The fourth-order valence-corrected chi connectivity index (χ4v) is 3.18. The molecule has 7 N–H and O–H groups in total. The van der Waals surface area contributed by atoms with E-state index in [1.54, 1.807) is 13.8 Å². The topological polar surface area (TPSA) is 194 Å². The third-order valence-corrected chi connectivity index (χ3v) is 4.77. The molecule has 0 bridgehead atoms. The van der Waals surface area contributed by atoms with Crippen molar-refractivity contribution in [2.75, 3.05) is 6.54 Å². The standard InChI is InChI=1S/C19H32N4O8/c1-9(2)7-12(18(29)23-15(10(3)24)19(30)31)21-17(28)13(8-14(25)26)22-16(27)11-5-4-6-20-11/h9-13,15,20,24H,4-8H2,1-3H3,(H,21,28)(H,22,27)(H,23,29)(H,25,26)(H,30,31). The van der Waals surface area contributed by atoms with E-state index in [2.05, 4.69) is 21.3 Å². The van der Waals surface area contributed by atoms with Crippen molar-refractivity contribution in [1.29, 1.82) is 0 Å². The lowest BCUT2D eigenvalue weighted by Gasteiger charge is -2.26. The molecule has 1 heterocycles. The van der Waals surface area contributed by atoms with E-state index in [0.717, 1.165) is 6.42 Å². The molecule has 0 aromatic carbocycles. The molecule has 12 nitrogen and oxygen atoms in total. The molecule has 0 aromatic heterocycles. The van der Waals surface area contributed by atoms with Crippen molar-refractivity contribution in [2.24, 2.45) is 5.92 Å². The van der Waals surface area contributed by atoms with Crippen molar-refractivity contribution in [1.82, 2.24) is 21.3 Å². The Morgan fingerprint density at radius 2 is 1.58 bits per heavy atom. The zero-order valence-corrected chi connectivity index (χ0v) is 17.9. The summed E-state index contributed by atoms with van der Waals surface area (Å²) in [5.41, 5.74) is 0. The molecule has 5 unspecified atom stereocenters. The Morgan fingerprint density at radius 1 is 0.968 bits per heavy atom. The lowest BCUT2D eigenvalue weighted by molar-refractivity contribution is -0.145. The Labute approximate surface area is 180 Å². The molecular weight excluding hydrogens is 412 g/mol. The van der Waals surface area contributed by atoms with Crippen LogP contribution in [0.1, 0.15) is 46.5 Å². The molecule has 1 aliphatic heterocycles. The zero-order chi connectivity index (χ0) is 23.7. The summed E-state index contributed by atoms with van der Waals surface area (Å²) in [4.78, 5) is 60.1. The van der Waals surface area contributed by atoms with Gasteiger partial charge in [0.25, 0.3) is 0 Å². The van der Waals surface area contributed by atoms with E-state index >= 15 is 0 Å². The van der Waals surface area contributed by atoms with Crippen LogP contribution in [-0.2, 0) is 24.0 Å². The number of aliphatic hydroxyl groups is 1. The molecule has 3 amide bonds. The van der Waals surface area contributed by atoms with Gasteiger partial charge in [0, 0.05) is 0 Å². The highest BCUT2D eigenvalue weighted by atomic mass is 16.4. The van der Waals surface area contributed by atoms with Gasteiger partial charge in [-0.2, -0.15) is 0 Å². The van der Waals surface area contributed by atoms with Gasteiger partial charge in [-0.25, -0.2) is 4.79 Å². The van der Waals surface area contributed by atoms with E-state index in [1.165, 1.54) is 6.92 Å². The van der Waals surface area contributed by atoms with Crippen LogP contribution in [0.4, 0.5) is 0 Å². The second-order valence-corrected chi connectivity index (χ2v) is 8.06. The van der Waals surface area contributed by atoms with Gasteiger partial charge in [0.2, 0.25) is 17.7 Å². The first-order valence-electron chi connectivity index (χ1n) is 10.2. The highest BCUT2D eigenvalue weighted by Gasteiger charge is 2.33. The lowest BCUT2D eigenvalue weighted by Crippen LogP contribution is -2.58. The SMILES string of the molecule is CC(C)CC(NC(=O)C(CC(=O)O)NC(=O)C1CCCN1)C(=O)NC(C(=O)O)C(C)O. The average Bonchev–Trinajstić information content (AvgIpc) is 3.18. The van der Waals surface area contributed by atoms with E-state index < -0.39 is 66.4 Å².